The van der Waals surface area contributed by atoms with Gasteiger partial charge in [-0.25, -0.2) is 8.42 Å². The molecular weight excluding hydrogens is 114 g/mol. The molecule has 0 saturated heterocycles. The normalized spacial score (nSPS) is 14.7. The van der Waals surface area contributed by atoms with Crippen molar-refractivity contribution < 1.29 is 8.42 Å². The SMILES string of the molecule is CC(CN)[SH](=O)=O. The first kappa shape index (κ1) is 6.91. The van der Waals surface area contributed by atoms with Gasteiger partial charge in [-0.05, 0) is 6.92 Å². The van der Waals surface area contributed by atoms with Crippen LogP contribution in [0.5, 0.6) is 0 Å². The summed E-state index contributed by atoms with van der Waals surface area (Å²) < 4.78 is 19.8. The van der Waals surface area contributed by atoms with Gasteiger partial charge in [0.2, 0.25) is 0 Å². The van der Waals surface area contributed by atoms with E-state index >= 15 is 0 Å². The maximum Gasteiger partial charge on any atom is 0.143 e. The molecule has 44 valence electrons. The van der Waals surface area contributed by atoms with Gasteiger partial charge in [0, 0.05) is 6.54 Å². The molecule has 0 aromatic rings. The third-order valence-corrected chi connectivity index (χ3v) is 1.63. The lowest BCUT2D eigenvalue weighted by Crippen LogP contribution is -2.17. The lowest BCUT2D eigenvalue weighted by atomic mass is 10.5. The van der Waals surface area contributed by atoms with E-state index in [2.05, 4.69) is 0 Å². The number of hydrogen-bond acceptors (Lipinski definition) is 3. The van der Waals surface area contributed by atoms with E-state index in [1.807, 2.05) is 0 Å². The molecule has 0 spiro atoms. The van der Waals surface area contributed by atoms with Crippen LogP contribution in [0, 0.1) is 0 Å². The van der Waals surface area contributed by atoms with Gasteiger partial charge in [-0.3, -0.25) is 0 Å². The van der Waals surface area contributed by atoms with Crippen molar-refractivity contribution in [1.82, 2.24) is 0 Å². The van der Waals surface area contributed by atoms with Crippen molar-refractivity contribution in [2.75, 3.05) is 6.54 Å². The summed E-state index contributed by atoms with van der Waals surface area (Å²) in [6, 6.07) is 0. The molecule has 0 rings (SSSR count). The van der Waals surface area contributed by atoms with Crippen molar-refractivity contribution >= 4 is 10.7 Å². The van der Waals surface area contributed by atoms with E-state index in [4.69, 9.17) is 5.73 Å². The van der Waals surface area contributed by atoms with Crippen molar-refractivity contribution in [3.05, 3.63) is 0 Å². The molecule has 0 aromatic heterocycles. The van der Waals surface area contributed by atoms with Crippen molar-refractivity contribution in [1.29, 1.82) is 0 Å². The molecule has 0 aliphatic carbocycles. The predicted molar refractivity (Wildman–Crippen MR) is 28.8 cm³/mol. The van der Waals surface area contributed by atoms with Gasteiger partial charge in [-0.15, -0.1) is 0 Å². The molecule has 0 aliphatic heterocycles. The van der Waals surface area contributed by atoms with Gasteiger partial charge in [-0.2, -0.15) is 0 Å². The van der Waals surface area contributed by atoms with E-state index in [-0.39, 0.29) is 11.8 Å². The Hall–Kier alpha value is -0.0900. The highest BCUT2D eigenvalue weighted by atomic mass is 32.2. The summed E-state index contributed by atoms with van der Waals surface area (Å²) in [6.45, 7) is 1.80. The second-order valence-electron chi connectivity index (χ2n) is 1.37. The van der Waals surface area contributed by atoms with E-state index in [0.29, 0.717) is 0 Å². The smallest absolute Gasteiger partial charge is 0.143 e. The first-order valence-electron chi connectivity index (χ1n) is 2.02. The molecule has 1 atom stereocenters. The van der Waals surface area contributed by atoms with Crippen LogP contribution < -0.4 is 5.73 Å². The van der Waals surface area contributed by atoms with Crippen molar-refractivity contribution in [2.45, 2.75) is 12.2 Å². The van der Waals surface area contributed by atoms with Gasteiger partial charge in [0.05, 0.1) is 5.25 Å². The van der Waals surface area contributed by atoms with Crippen LogP contribution in [-0.2, 0) is 10.7 Å². The van der Waals surface area contributed by atoms with Crippen LogP contribution in [0.4, 0.5) is 0 Å². The molecule has 0 heterocycles. The Morgan fingerprint density at radius 1 is 1.71 bits per heavy atom. The Labute approximate surface area is 44.5 Å². The van der Waals surface area contributed by atoms with Crippen LogP contribution in [-0.4, -0.2) is 20.2 Å². The minimum absolute atomic E-state index is 0.221. The Kier molecular flexibility index (Phi) is 2.95. The summed E-state index contributed by atoms with van der Waals surface area (Å²) in [5.41, 5.74) is 4.99. The summed E-state index contributed by atoms with van der Waals surface area (Å²) in [5.74, 6) is 0. The Bertz CT molecular complexity index is 102. The molecule has 2 N–H and O–H groups in total. The molecule has 0 bridgehead atoms. The largest absolute Gasteiger partial charge is 0.329 e. The van der Waals surface area contributed by atoms with Gasteiger partial charge >= 0.3 is 0 Å². The van der Waals surface area contributed by atoms with Gasteiger partial charge in [0.15, 0.2) is 0 Å². The van der Waals surface area contributed by atoms with Gasteiger partial charge in [-0.1, -0.05) is 0 Å². The summed E-state index contributed by atoms with van der Waals surface area (Å²) in [6.07, 6.45) is 0. The molecule has 0 aromatic carbocycles. The lowest BCUT2D eigenvalue weighted by Gasteiger charge is -1.92. The highest BCUT2D eigenvalue weighted by molar-refractivity contribution is 7.73. The van der Waals surface area contributed by atoms with Crippen LogP contribution in [0.3, 0.4) is 0 Å². The molecule has 0 radical (unpaired) electrons. The number of thiol groups is 1. The number of nitrogens with two attached hydrogens (primary N) is 1. The standard InChI is InChI=1S/C3H9NO2S/c1-3(2-4)7(5)6/h3,7H,2,4H2,1H3. The van der Waals surface area contributed by atoms with Crippen molar-refractivity contribution in [3.8, 4) is 0 Å². The highest BCUT2D eigenvalue weighted by Crippen LogP contribution is 1.78. The van der Waals surface area contributed by atoms with E-state index in [1.165, 1.54) is 0 Å². The molecule has 0 aliphatic rings. The Morgan fingerprint density at radius 2 is 2.14 bits per heavy atom. The fourth-order valence-electron chi connectivity index (χ4n) is 0.0861. The van der Waals surface area contributed by atoms with Crippen LogP contribution >= 0.6 is 0 Å². The zero-order chi connectivity index (χ0) is 5.86. The Balaban J connectivity index is 3.57. The molecule has 4 heteroatoms. The van der Waals surface area contributed by atoms with Crippen molar-refractivity contribution in [3.63, 3.8) is 0 Å². The summed E-state index contributed by atoms with van der Waals surface area (Å²) in [7, 11) is -2.29. The molecule has 0 amide bonds. The van der Waals surface area contributed by atoms with E-state index in [9.17, 15) is 8.42 Å². The monoisotopic (exact) mass is 123 g/mol. The number of rotatable bonds is 2. The quantitative estimate of drug-likeness (QED) is 0.460. The maximum absolute atomic E-state index is 9.89. The molecule has 1 unspecified atom stereocenters. The lowest BCUT2D eigenvalue weighted by molar-refractivity contribution is 0.604. The first-order chi connectivity index (χ1) is 3.18. The second kappa shape index (κ2) is 2.98. The second-order valence-corrected chi connectivity index (χ2v) is 2.82. The topological polar surface area (TPSA) is 60.2 Å². The minimum atomic E-state index is -2.29. The van der Waals surface area contributed by atoms with Crippen molar-refractivity contribution in [2.24, 2.45) is 5.73 Å². The highest BCUT2D eigenvalue weighted by Gasteiger charge is 1.96. The fraction of sp³-hybridized carbons (Fsp3) is 1.00. The van der Waals surface area contributed by atoms with Gasteiger partial charge in [0.1, 0.15) is 10.7 Å². The van der Waals surface area contributed by atoms with Gasteiger partial charge in [0.25, 0.3) is 0 Å². The summed E-state index contributed by atoms with van der Waals surface area (Å²) in [5, 5.41) is -0.366. The van der Waals surface area contributed by atoms with Crippen LogP contribution in [0.15, 0.2) is 0 Å². The van der Waals surface area contributed by atoms with Crippen LogP contribution in [0.2, 0.25) is 0 Å². The summed E-state index contributed by atoms with van der Waals surface area (Å²) >= 11 is 0. The molecular formula is C3H9NO2S. The predicted octanol–water partition coefficient (Wildman–Crippen LogP) is -1.05. The third-order valence-electron chi connectivity index (χ3n) is 0.701. The molecule has 0 fully saturated rings. The van der Waals surface area contributed by atoms with E-state index in [1.54, 1.807) is 6.92 Å². The Morgan fingerprint density at radius 3 is 2.14 bits per heavy atom. The molecule has 0 saturated carbocycles. The number of hydrogen-bond donors (Lipinski definition) is 2. The average molecular weight is 123 g/mol. The van der Waals surface area contributed by atoms with E-state index in [0.717, 1.165) is 0 Å². The zero-order valence-electron chi connectivity index (χ0n) is 4.13. The maximum atomic E-state index is 9.89. The van der Waals surface area contributed by atoms with E-state index < -0.39 is 10.7 Å². The average Bonchev–Trinajstić information content (AvgIpc) is 1.65. The molecule has 3 nitrogen and oxygen atoms in total. The zero-order valence-corrected chi connectivity index (χ0v) is 5.02. The first-order valence-corrected chi connectivity index (χ1v) is 3.26. The minimum Gasteiger partial charge on any atom is -0.329 e. The van der Waals surface area contributed by atoms with Crippen LogP contribution in [0.25, 0.3) is 0 Å². The summed E-state index contributed by atoms with van der Waals surface area (Å²) in [4.78, 5) is 0. The third kappa shape index (κ3) is 2.59. The molecule has 7 heavy (non-hydrogen) atoms. The fourth-order valence-corrected chi connectivity index (χ4v) is 0.258. The van der Waals surface area contributed by atoms with Crippen LogP contribution in [0.1, 0.15) is 6.92 Å². The van der Waals surface area contributed by atoms with Gasteiger partial charge < -0.3 is 5.73 Å².